The highest BCUT2D eigenvalue weighted by atomic mass is 16.2. The predicted octanol–water partition coefficient (Wildman–Crippen LogP) is 1.89. The maximum Gasteiger partial charge on any atom is 0.258 e. The van der Waals surface area contributed by atoms with Crippen molar-refractivity contribution in [1.29, 1.82) is 0 Å². The molecule has 0 bridgehead atoms. The molecule has 1 aliphatic heterocycles. The van der Waals surface area contributed by atoms with Crippen molar-refractivity contribution < 1.29 is 9.59 Å². The Morgan fingerprint density at radius 3 is 2.60 bits per heavy atom. The van der Waals surface area contributed by atoms with Gasteiger partial charge in [0.25, 0.3) is 11.8 Å². The second kappa shape index (κ2) is 6.62. The quantitative estimate of drug-likeness (QED) is 0.917. The van der Waals surface area contributed by atoms with Crippen LogP contribution in [0.1, 0.15) is 58.9 Å². The first-order valence-electron chi connectivity index (χ1n) is 8.71. The number of nitrogens with zero attached hydrogens (tertiary/aromatic N) is 5. The van der Waals surface area contributed by atoms with E-state index in [1.165, 1.54) is 6.42 Å². The summed E-state index contributed by atoms with van der Waals surface area (Å²) in [5.41, 5.74) is 0.963. The van der Waals surface area contributed by atoms with E-state index in [0.717, 1.165) is 38.8 Å². The van der Waals surface area contributed by atoms with E-state index >= 15 is 0 Å². The highest BCUT2D eigenvalue weighted by molar-refractivity contribution is 6.05. The molecule has 2 aromatic rings. The molecular weight excluding hydrogens is 320 g/mol. The number of tetrazole rings is 1. The van der Waals surface area contributed by atoms with E-state index in [9.17, 15) is 9.59 Å². The van der Waals surface area contributed by atoms with Gasteiger partial charge in [-0.25, -0.2) is 4.68 Å². The van der Waals surface area contributed by atoms with Crippen LogP contribution in [0.15, 0.2) is 24.3 Å². The summed E-state index contributed by atoms with van der Waals surface area (Å²) < 4.78 is 1.64. The van der Waals surface area contributed by atoms with E-state index in [-0.39, 0.29) is 17.9 Å². The Hall–Kier alpha value is -2.77. The van der Waals surface area contributed by atoms with Gasteiger partial charge in [-0.15, -0.1) is 0 Å². The molecule has 2 aliphatic rings. The number of amides is 2. The number of rotatable bonds is 4. The van der Waals surface area contributed by atoms with Crippen LogP contribution in [-0.2, 0) is 0 Å². The van der Waals surface area contributed by atoms with Gasteiger partial charge in [0.15, 0.2) is 0 Å². The van der Waals surface area contributed by atoms with E-state index in [0.29, 0.717) is 17.1 Å². The summed E-state index contributed by atoms with van der Waals surface area (Å²) >= 11 is 0. The molecule has 4 rings (SSSR count). The van der Waals surface area contributed by atoms with Gasteiger partial charge in [-0.1, -0.05) is 11.2 Å². The highest BCUT2D eigenvalue weighted by Crippen LogP contribution is 2.35. The monoisotopic (exact) mass is 340 g/mol. The number of likely N-dealkylation sites (tertiary alicyclic amines) is 1. The van der Waals surface area contributed by atoms with Gasteiger partial charge in [-0.05, 0) is 60.7 Å². The fourth-order valence-electron chi connectivity index (χ4n) is 3.09. The Kier molecular flexibility index (Phi) is 4.17. The Bertz CT molecular complexity index is 792. The van der Waals surface area contributed by atoms with E-state index in [1.54, 1.807) is 28.9 Å². The molecule has 0 atom stereocenters. The van der Waals surface area contributed by atoms with Crippen LogP contribution in [-0.4, -0.2) is 50.0 Å². The molecule has 8 nitrogen and oxygen atoms in total. The van der Waals surface area contributed by atoms with Gasteiger partial charge in [-0.2, -0.15) is 0 Å². The Morgan fingerprint density at radius 2 is 1.84 bits per heavy atom. The molecule has 0 spiro atoms. The van der Waals surface area contributed by atoms with Crippen LogP contribution in [0.25, 0.3) is 0 Å². The van der Waals surface area contributed by atoms with E-state index in [1.807, 2.05) is 4.90 Å². The molecule has 130 valence electrons. The van der Waals surface area contributed by atoms with Gasteiger partial charge in [0.05, 0.1) is 6.04 Å². The van der Waals surface area contributed by atoms with E-state index in [4.69, 9.17) is 0 Å². The number of piperidine rings is 1. The lowest BCUT2D eigenvalue weighted by Crippen LogP contribution is -2.35. The van der Waals surface area contributed by atoms with Crippen molar-refractivity contribution in [3.05, 3.63) is 35.4 Å². The molecule has 0 unspecified atom stereocenters. The van der Waals surface area contributed by atoms with Crippen LogP contribution < -0.4 is 5.32 Å². The Labute approximate surface area is 145 Å². The van der Waals surface area contributed by atoms with Crippen molar-refractivity contribution >= 4 is 17.8 Å². The highest BCUT2D eigenvalue weighted by Gasteiger charge is 2.28. The van der Waals surface area contributed by atoms with Crippen molar-refractivity contribution in [2.75, 3.05) is 18.4 Å². The molecule has 1 N–H and O–H groups in total. The number of hydrogen-bond donors (Lipinski definition) is 1. The topological polar surface area (TPSA) is 93.0 Å². The SMILES string of the molecule is O=C(Nc1nnnn1C1CC1)c1cccc(C(=O)N2CCCCC2)c1. The first-order valence-corrected chi connectivity index (χ1v) is 8.71. The molecule has 8 heteroatoms. The standard InChI is InChI=1S/C17H20N6O2/c24-15(18-17-19-20-21-23(17)14-7-8-14)12-5-4-6-13(11-12)16(25)22-9-2-1-3-10-22/h4-6,11,14H,1-3,7-10H2,(H,18,19,21,24). The maximum atomic E-state index is 12.6. The van der Waals surface area contributed by atoms with Crippen molar-refractivity contribution in [2.24, 2.45) is 0 Å². The number of aromatic nitrogens is 4. The van der Waals surface area contributed by atoms with Crippen molar-refractivity contribution in [2.45, 2.75) is 38.1 Å². The van der Waals surface area contributed by atoms with Crippen molar-refractivity contribution in [3.63, 3.8) is 0 Å². The molecule has 2 heterocycles. The van der Waals surface area contributed by atoms with Crippen molar-refractivity contribution in [3.8, 4) is 0 Å². The summed E-state index contributed by atoms with van der Waals surface area (Å²) in [7, 11) is 0. The molecule has 1 aromatic carbocycles. The molecule has 2 fully saturated rings. The second-order valence-electron chi connectivity index (χ2n) is 6.57. The number of carbonyl (C=O) groups excluding carboxylic acids is 2. The third kappa shape index (κ3) is 3.38. The van der Waals surface area contributed by atoms with Crippen molar-refractivity contribution in [1.82, 2.24) is 25.1 Å². The van der Waals surface area contributed by atoms with Gasteiger partial charge in [0.1, 0.15) is 0 Å². The lowest BCUT2D eigenvalue weighted by molar-refractivity contribution is 0.0724. The summed E-state index contributed by atoms with van der Waals surface area (Å²) in [5, 5.41) is 14.1. The number of anilines is 1. The van der Waals surface area contributed by atoms with Crippen LogP contribution in [0.5, 0.6) is 0 Å². The minimum absolute atomic E-state index is 0.0165. The third-order valence-electron chi connectivity index (χ3n) is 4.63. The third-order valence-corrected chi connectivity index (χ3v) is 4.63. The molecule has 0 radical (unpaired) electrons. The number of carbonyl (C=O) groups is 2. The number of benzene rings is 1. The fourth-order valence-corrected chi connectivity index (χ4v) is 3.09. The smallest absolute Gasteiger partial charge is 0.258 e. The largest absolute Gasteiger partial charge is 0.339 e. The average molecular weight is 340 g/mol. The van der Waals surface area contributed by atoms with Gasteiger partial charge in [-0.3, -0.25) is 14.9 Å². The van der Waals surface area contributed by atoms with Gasteiger partial charge >= 0.3 is 0 Å². The molecular formula is C17H20N6O2. The Morgan fingerprint density at radius 1 is 1.08 bits per heavy atom. The molecule has 1 aromatic heterocycles. The lowest BCUT2D eigenvalue weighted by Gasteiger charge is -2.26. The van der Waals surface area contributed by atoms with Gasteiger partial charge < -0.3 is 4.90 Å². The summed E-state index contributed by atoms with van der Waals surface area (Å²) in [6, 6.07) is 7.08. The van der Waals surface area contributed by atoms with Crippen LogP contribution >= 0.6 is 0 Å². The summed E-state index contributed by atoms with van der Waals surface area (Å²) in [6.45, 7) is 1.57. The average Bonchev–Trinajstić information content (AvgIpc) is 3.41. The minimum atomic E-state index is -0.315. The zero-order chi connectivity index (χ0) is 17.2. The first-order chi connectivity index (χ1) is 12.2. The van der Waals surface area contributed by atoms with Crippen LogP contribution in [0.4, 0.5) is 5.95 Å². The van der Waals surface area contributed by atoms with Crippen LogP contribution in [0, 0.1) is 0 Å². The number of hydrogen-bond acceptors (Lipinski definition) is 5. The summed E-state index contributed by atoms with van der Waals surface area (Å²) in [5.74, 6) is 0.0161. The van der Waals surface area contributed by atoms with E-state index in [2.05, 4.69) is 20.8 Å². The van der Waals surface area contributed by atoms with E-state index < -0.39 is 0 Å². The zero-order valence-electron chi connectivity index (χ0n) is 13.9. The predicted molar refractivity (Wildman–Crippen MR) is 90.2 cm³/mol. The molecule has 1 saturated carbocycles. The van der Waals surface area contributed by atoms with Gasteiger partial charge in [0, 0.05) is 24.2 Å². The minimum Gasteiger partial charge on any atom is -0.339 e. The second-order valence-corrected chi connectivity index (χ2v) is 6.57. The van der Waals surface area contributed by atoms with Gasteiger partial charge in [0.2, 0.25) is 5.95 Å². The molecule has 1 saturated heterocycles. The molecule has 1 aliphatic carbocycles. The Balaban J connectivity index is 1.49. The number of nitrogens with one attached hydrogen (secondary N) is 1. The zero-order valence-corrected chi connectivity index (χ0v) is 13.9. The maximum absolute atomic E-state index is 12.6. The molecule has 2 amide bonds. The fraction of sp³-hybridized carbons (Fsp3) is 0.471. The molecule has 25 heavy (non-hydrogen) atoms. The summed E-state index contributed by atoms with van der Waals surface area (Å²) in [6.07, 6.45) is 5.29. The van der Waals surface area contributed by atoms with Crippen LogP contribution in [0.3, 0.4) is 0 Å². The van der Waals surface area contributed by atoms with Crippen LogP contribution in [0.2, 0.25) is 0 Å². The normalized spacial score (nSPS) is 17.4. The summed E-state index contributed by atoms with van der Waals surface area (Å²) in [4.78, 5) is 27.0. The lowest BCUT2D eigenvalue weighted by atomic mass is 10.1. The first kappa shape index (κ1) is 15.7.